The number of nitrogens with zero attached hydrogens (tertiary/aromatic N) is 1. The zero-order chi connectivity index (χ0) is 22.4. The lowest BCUT2D eigenvalue weighted by atomic mass is 9.71. The monoisotopic (exact) mass is 443 g/mol. The second-order valence-electron chi connectivity index (χ2n) is 9.65. The lowest BCUT2D eigenvalue weighted by molar-refractivity contribution is -0.121. The molecular formula is C27H29N3O3. The highest BCUT2D eigenvalue weighted by molar-refractivity contribution is 6.05. The van der Waals surface area contributed by atoms with Gasteiger partial charge in [0.1, 0.15) is 0 Å². The molecule has 3 aromatic rings. The third-order valence-electron chi connectivity index (χ3n) is 7.78. The number of H-pyrrole nitrogens is 1. The molecule has 1 saturated heterocycles. The predicted molar refractivity (Wildman–Crippen MR) is 127 cm³/mol. The smallest absolute Gasteiger partial charge is 0.254 e. The number of carbonyl (C=O) groups excluding carboxylic acids is 2. The Morgan fingerprint density at radius 3 is 2.79 bits per heavy atom. The van der Waals surface area contributed by atoms with Crippen LogP contribution >= 0.6 is 0 Å². The molecule has 3 heterocycles. The molecule has 2 fully saturated rings. The van der Waals surface area contributed by atoms with Crippen LogP contribution in [0.5, 0.6) is 0 Å². The van der Waals surface area contributed by atoms with Crippen molar-refractivity contribution in [2.75, 3.05) is 18.5 Å². The molecule has 1 aromatic heterocycles. The maximum absolute atomic E-state index is 14.0. The highest BCUT2D eigenvalue weighted by Gasteiger charge is 2.56. The van der Waals surface area contributed by atoms with Crippen LogP contribution in [0.25, 0.3) is 10.9 Å². The number of carbonyl (C=O) groups is 2. The minimum Gasteiger partial charge on any atom is -0.376 e. The number of anilines is 1. The first-order valence-corrected chi connectivity index (χ1v) is 12.1. The van der Waals surface area contributed by atoms with Crippen molar-refractivity contribution in [3.05, 3.63) is 65.9 Å². The van der Waals surface area contributed by atoms with Crippen molar-refractivity contribution in [2.45, 2.75) is 56.1 Å². The second kappa shape index (κ2) is 8.03. The maximum atomic E-state index is 14.0. The Morgan fingerprint density at radius 2 is 1.97 bits per heavy atom. The van der Waals surface area contributed by atoms with Gasteiger partial charge in [0.05, 0.1) is 17.6 Å². The number of benzene rings is 2. The van der Waals surface area contributed by atoms with Gasteiger partial charge in [-0.25, -0.2) is 0 Å². The third kappa shape index (κ3) is 3.35. The van der Waals surface area contributed by atoms with Gasteiger partial charge in [0, 0.05) is 41.5 Å². The van der Waals surface area contributed by atoms with Crippen LogP contribution in [-0.2, 0) is 9.53 Å². The number of aromatic amines is 1. The van der Waals surface area contributed by atoms with Crippen molar-refractivity contribution in [1.29, 1.82) is 0 Å². The van der Waals surface area contributed by atoms with Gasteiger partial charge in [0.25, 0.3) is 5.91 Å². The Hall–Kier alpha value is -3.12. The Kier molecular flexibility index (Phi) is 4.98. The Balaban J connectivity index is 1.41. The fourth-order valence-electron chi connectivity index (χ4n) is 6.27. The van der Waals surface area contributed by atoms with E-state index in [4.69, 9.17) is 4.74 Å². The topological polar surface area (TPSA) is 74.4 Å². The molecule has 6 heteroatoms. The number of ether oxygens (including phenoxy) is 1. The van der Waals surface area contributed by atoms with E-state index in [-0.39, 0.29) is 17.9 Å². The molecule has 0 radical (unpaired) electrons. The van der Waals surface area contributed by atoms with Crippen LogP contribution in [0.3, 0.4) is 0 Å². The average molecular weight is 444 g/mol. The highest BCUT2D eigenvalue weighted by Crippen LogP contribution is 2.51. The molecule has 3 aliphatic rings. The summed E-state index contributed by atoms with van der Waals surface area (Å²) in [5.41, 5.74) is 2.82. The van der Waals surface area contributed by atoms with E-state index >= 15 is 0 Å². The maximum Gasteiger partial charge on any atom is 0.254 e. The first-order valence-electron chi connectivity index (χ1n) is 12.1. The van der Waals surface area contributed by atoms with Gasteiger partial charge in [0.2, 0.25) is 5.91 Å². The second-order valence-corrected chi connectivity index (χ2v) is 9.65. The molecule has 2 aromatic carbocycles. The number of amides is 2. The molecule has 33 heavy (non-hydrogen) atoms. The highest BCUT2D eigenvalue weighted by atomic mass is 16.5. The zero-order valence-corrected chi connectivity index (χ0v) is 18.7. The van der Waals surface area contributed by atoms with Crippen molar-refractivity contribution >= 4 is 28.4 Å². The predicted octanol–water partition coefficient (Wildman–Crippen LogP) is 4.84. The summed E-state index contributed by atoms with van der Waals surface area (Å²) in [5, 5.41) is 4.25. The van der Waals surface area contributed by atoms with E-state index in [2.05, 4.69) is 10.3 Å². The third-order valence-corrected chi connectivity index (χ3v) is 7.78. The van der Waals surface area contributed by atoms with Crippen LogP contribution in [-0.4, -0.2) is 46.5 Å². The molecule has 6 rings (SSSR count). The van der Waals surface area contributed by atoms with Gasteiger partial charge in [-0.3, -0.25) is 9.59 Å². The Bertz CT molecular complexity index is 1200. The van der Waals surface area contributed by atoms with Crippen molar-refractivity contribution in [3.8, 4) is 0 Å². The van der Waals surface area contributed by atoms with Gasteiger partial charge in [-0.05, 0) is 61.6 Å². The summed E-state index contributed by atoms with van der Waals surface area (Å²) in [5.74, 6) is -0.401. The zero-order valence-electron chi connectivity index (χ0n) is 18.7. The van der Waals surface area contributed by atoms with E-state index in [1.165, 1.54) is 0 Å². The van der Waals surface area contributed by atoms with Crippen LogP contribution < -0.4 is 5.32 Å². The number of fused-ring (bicyclic) bond motifs is 2. The number of hydrogen-bond donors (Lipinski definition) is 2. The molecule has 0 unspecified atom stereocenters. The summed E-state index contributed by atoms with van der Waals surface area (Å²) in [6.45, 7) is 1.31. The molecule has 0 bridgehead atoms. The van der Waals surface area contributed by atoms with Crippen LogP contribution in [0, 0.1) is 0 Å². The Labute approximate surface area is 193 Å². The van der Waals surface area contributed by atoms with Gasteiger partial charge < -0.3 is 19.9 Å². The van der Waals surface area contributed by atoms with Crippen molar-refractivity contribution < 1.29 is 14.3 Å². The van der Waals surface area contributed by atoms with E-state index in [0.717, 1.165) is 67.3 Å². The SMILES string of the molecule is O=C(Nc1ccc2[nH]ccc2c1)[C@@H]1c2ccccc2C(=O)N(C[C@@H]2CCCO2)C12CCCC2. The van der Waals surface area contributed by atoms with Gasteiger partial charge in [-0.1, -0.05) is 31.0 Å². The fourth-order valence-corrected chi connectivity index (χ4v) is 6.27. The minimum absolute atomic E-state index is 0.0379. The fraction of sp³-hybridized carbons (Fsp3) is 0.407. The molecule has 2 N–H and O–H groups in total. The van der Waals surface area contributed by atoms with Gasteiger partial charge in [0.15, 0.2) is 0 Å². The summed E-state index contributed by atoms with van der Waals surface area (Å²) in [7, 11) is 0. The van der Waals surface area contributed by atoms with Gasteiger partial charge >= 0.3 is 0 Å². The largest absolute Gasteiger partial charge is 0.376 e. The number of rotatable bonds is 4. The Morgan fingerprint density at radius 1 is 1.12 bits per heavy atom. The summed E-state index contributed by atoms with van der Waals surface area (Å²) in [6.07, 6.45) is 7.68. The molecule has 1 aliphatic carbocycles. The lowest BCUT2D eigenvalue weighted by Gasteiger charge is -2.50. The molecule has 6 nitrogen and oxygen atoms in total. The standard InChI is InChI=1S/C27H29N3O3/c31-25(29-19-9-10-23-18(16-19)11-14-28-23)24-21-7-1-2-8-22(21)26(32)30(17-20-6-5-15-33-20)27(24)12-3-4-13-27/h1-2,7-11,14,16,20,24,28H,3-6,12-13,15,17H2,(H,29,31)/t20-,24-/m0/s1. The van der Waals surface area contributed by atoms with Crippen molar-refractivity contribution in [2.24, 2.45) is 0 Å². The van der Waals surface area contributed by atoms with Gasteiger partial charge in [-0.2, -0.15) is 0 Å². The van der Waals surface area contributed by atoms with Crippen LogP contribution in [0.2, 0.25) is 0 Å². The molecule has 1 saturated carbocycles. The van der Waals surface area contributed by atoms with Crippen LogP contribution in [0.1, 0.15) is 60.4 Å². The van der Waals surface area contributed by atoms with E-state index in [1.54, 1.807) is 0 Å². The molecular weight excluding hydrogens is 414 g/mol. The van der Waals surface area contributed by atoms with Crippen molar-refractivity contribution in [3.63, 3.8) is 0 Å². The minimum atomic E-state index is -0.500. The summed E-state index contributed by atoms with van der Waals surface area (Å²) in [4.78, 5) is 32.9. The molecule has 1 spiro atoms. The summed E-state index contributed by atoms with van der Waals surface area (Å²) in [6, 6.07) is 15.6. The molecule has 2 atom stereocenters. The lowest BCUT2D eigenvalue weighted by Crippen LogP contribution is -2.61. The van der Waals surface area contributed by atoms with Crippen molar-refractivity contribution in [1.82, 2.24) is 9.88 Å². The van der Waals surface area contributed by atoms with E-state index in [0.29, 0.717) is 12.1 Å². The van der Waals surface area contributed by atoms with Gasteiger partial charge in [-0.15, -0.1) is 0 Å². The first-order chi connectivity index (χ1) is 16.2. The normalized spacial score (nSPS) is 23.9. The molecule has 170 valence electrons. The van der Waals surface area contributed by atoms with E-state index in [1.807, 2.05) is 59.6 Å². The quantitative estimate of drug-likeness (QED) is 0.606. The number of aromatic nitrogens is 1. The molecule has 2 amide bonds. The number of hydrogen-bond acceptors (Lipinski definition) is 3. The summed E-state index contributed by atoms with van der Waals surface area (Å²) >= 11 is 0. The van der Waals surface area contributed by atoms with E-state index in [9.17, 15) is 9.59 Å². The van der Waals surface area contributed by atoms with Crippen LogP contribution in [0.15, 0.2) is 54.7 Å². The van der Waals surface area contributed by atoms with E-state index < -0.39 is 11.5 Å². The average Bonchev–Trinajstić information content (AvgIpc) is 3.59. The molecule has 2 aliphatic heterocycles. The number of nitrogens with one attached hydrogen (secondary N) is 2. The summed E-state index contributed by atoms with van der Waals surface area (Å²) < 4.78 is 5.92. The van der Waals surface area contributed by atoms with Crippen LogP contribution in [0.4, 0.5) is 5.69 Å². The first kappa shape index (κ1) is 20.5.